The van der Waals surface area contributed by atoms with E-state index in [1.54, 1.807) is 38.4 Å². The fraction of sp³-hybridized carbons (Fsp3) is 0.450. The highest BCUT2D eigenvalue weighted by molar-refractivity contribution is 5.78. The van der Waals surface area contributed by atoms with Crippen molar-refractivity contribution >= 4 is 11.7 Å². The number of piperazine rings is 1. The summed E-state index contributed by atoms with van der Waals surface area (Å²) in [6.45, 7) is 4.91. The van der Waals surface area contributed by atoms with Gasteiger partial charge in [0.2, 0.25) is 11.8 Å². The van der Waals surface area contributed by atoms with Crippen molar-refractivity contribution in [1.29, 1.82) is 0 Å². The van der Waals surface area contributed by atoms with Crippen molar-refractivity contribution in [2.45, 2.75) is 13.0 Å². The molecule has 0 bridgehead atoms. The van der Waals surface area contributed by atoms with Gasteiger partial charge in [-0.05, 0) is 24.6 Å². The zero-order chi connectivity index (χ0) is 21.0. The van der Waals surface area contributed by atoms with Crippen LogP contribution in [-0.2, 0) is 4.79 Å². The topological polar surface area (TPSA) is 61.8 Å². The molecule has 2 heterocycles. The van der Waals surface area contributed by atoms with Gasteiger partial charge in [0.15, 0.2) is 17.5 Å². The molecule has 3 rings (SSSR count). The minimum absolute atomic E-state index is 0.0724. The van der Waals surface area contributed by atoms with Crippen molar-refractivity contribution < 1.29 is 18.3 Å². The summed E-state index contributed by atoms with van der Waals surface area (Å²) in [6.07, 6.45) is 3.25. The van der Waals surface area contributed by atoms with Crippen molar-refractivity contribution in [2.24, 2.45) is 0 Å². The van der Waals surface area contributed by atoms with Gasteiger partial charge in [0, 0.05) is 33.2 Å². The predicted octanol–water partition coefficient (Wildman–Crippen LogP) is 2.10. The van der Waals surface area contributed by atoms with E-state index in [9.17, 15) is 13.6 Å². The molecule has 1 aliphatic rings. The Labute approximate surface area is 168 Å². The molecule has 1 aromatic heterocycles. The van der Waals surface area contributed by atoms with Gasteiger partial charge < -0.3 is 14.5 Å². The van der Waals surface area contributed by atoms with E-state index in [0.717, 1.165) is 31.0 Å². The molecule has 2 aromatic rings. The first-order chi connectivity index (χ1) is 13.9. The largest absolute Gasteiger partial charge is 0.480 e. The summed E-state index contributed by atoms with van der Waals surface area (Å²) in [5.41, 5.74) is 0.557. The van der Waals surface area contributed by atoms with Crippen LogP contribution in [0.5, 0.6) is 5.88 Å². The summed E-state index contributed by atoms with van der Waals surface area (Å²) in [7, 11) is 3.23. The Kier molecular flexibility index (Phi) is 6.58. The van der Waals surface area contributed by atoms with Gasteiger partial charge in [-0.25, -0.2) is 8.78 Å². The molecule has 1 unspecified atom stereocenters. The number of nitrogens with zero attached hydrogens (tertiary/aromatic N) is 5. The number of amides is 1. The number of aromatic nitrogens is 2. The van der Waals surface area contributed by atoms with Gasteiger partial charge >= 0.3 is 0 Å². The number of benzene rings is 1. The average molecular weight is 405 g/mol. The van der Waals surface area contributed by atoms with Crippen molar-refractivity contribution in [3.8, 4) is 5.88 Å². The second-order valence-corrected chi connectivity index (χ2v) is 7.04. The van der Waals surface area contributed by atoms with Crippen molar-refractivity contribution in [2.75, 3.05) is 51.8 Å². The summed E-state index contributed by atoms with van der Waals surface area (Å²) in [5, 5.41) is 0. The molecule has 1 fully saturated rings. The Balaban J connectivity index is 1.54. The number of methoxy groups -OCH3 is 1. The Morgan fingerprint density at radius 1 is 1.21 bits per heavy atom. The van der Waals surface area contributed by atoms with Gasteiger partial charge in [-0.3, -0.25) is 14.7 Å². The average Bonchev–Trinajstić information content (AvgIpc) is 2.75. The second kappa shape index (κ2) is 9.13. The quantitative estimate of drug-likeness (QED) is 0.734. The maximum atomic E-state index is 13.5. The lowest BCUT2D eigenvalue weighted by atomic mass is 10.1. The molecule has 1 saturated heterocycles. The minimum atomic E-state index is -0.910. The van der Waals surface area contributed by atoms with Crippen molar-refractivity contribution in [1.82, 2.24) is 19.8 Å². The fourth-order valence-corrected chi connectivity index (χ4v) is 3.24. The van der Waals surface area contributed by atoms with Crippen LogP contribution in [0, 0.1) is 11.6 Å². The standard InChI is InChI=1S/C20H25F2N5O2/c1-14(15-4-5-16(21)17(22)10-15)25(2)20(28)13-26-6-8-27(9-7-26)18-11-23-12-19(24-18)29-3/h4-5,10-12,14H,6-9,13H2,1-3H3. The summed E-state index contributed by atoms with van der Waals surface area (Å²) in [4.78, 5) is 26.9. The number of likely N-dealkylation sites (N-methyl/N-ethyl adjacent to an activating group) is 1. The number of anilines is 1. The Morgan fingerprint density at radius 3 is 2.59 bits per heavy atom. The maximum absolute atomic E-state index is 13.5. The third kappa shape index (κ3) is 4.97. The number of carbonyl (C=O) groups excluding carboxylic acids is 1. The van der Waals surface area contributed by atoms with Crippen LogP contribution in [0.25, 0.3) is 0 Å². The van der Waals surface area contributed by atoms with Crippen LogP contribution >= 0.6 is 0 Å². The minimum Gasteiger partial charge on any atom is -0.480 e. The monoisotopic (exact) mass is 405 g/mol. The Hall–Kier alpha value is -2.81. The van der Waals surface area contributed by atoms with Gasteiger partial charge in [0.1, 0.15) is 0 Å². The second-order valence-electron chi connectivity index (χ2n) is 7.04. The van der Waals surface area contributed by atoms with Crippen LogP contribution in [0.3, 0.4) is 0 Å². The van der Waals surface area contributed by atoms with Crippen molar-refractivity contribution in [3.63, 3.8) is 0 Å². The van der Waals surface area contributed by atoms with E-state index in [1.807, 2.05) is 0 Å². The number of hydrogen-bond donors (Lipinski definition) is 0. The normalized spacial score (nSPS) is 15.8. The van der Waals surface area contributed by atoms with Gasteiger partial charge in [-0.15, -0.1) is 0 Å². The Bertz CT molecular complexity index is 859. The smallest absolute Gasteiger partial charge is 0.236 e. The molecule has 1 aromatic carbocycles. The van der Waals surface area contributed by atoms with E-state index in [2.05, 4.69) is 19.8 Å². The van der Waals surface area contributed by atoms with Gasteiger partial charge in [0.05, 0.1) is 32.1 Å². The summed E-state index contributed by atoms with van der Waals surface area (Å²) in [5.74, 6) is -0.662. The van der Waals surface area contributed by atoms with Crippen LogP contribution in [0.4, 0.5) is 14.6 Å². The van der Waals surface area contributed by atoms with Crippen LogP contribution in [0.1, 0.15) is 18.5 Å². The highest BCUT2D eigenvalue weighted by atomic mass is 19.2. The molecule has 1 aliphatic heterocycles. The molecule has 156 valence electrons. The van der Waals surface area contributed by atoms with Crippen LogP contribution in [-0.4, -0.2) is 72.6 Å². The van der Waals surface area contributed by atoms with Crippen molar-refractivity contribution in [3.05, 3.63) is 47.8 Å². The molecular formula is C20H25F2N5O2. The summed E-state index contributed by atoms with van der Waals surface area (Å²) in [6, 6.07) is 3.37. The summed E-state index contributed by atoms with van der Waals surface area (Å²) < 4.78 is 31.8. The SMILES string of the molecule is COc1cncc(N2CCN(CC(=O)N(C)C(C)c3ccc(F)c(F)c3)CC2)n1. The zero-order valence-electron chi connectivity index (χ0n) is 16.8. The van der Waals surface area contributed by atoms with Gasteiger partial charge in [-0.2, -0.15) is 4.98 Å². The number of hydrogen-bond acceptors (Lipinski definition) is 6. The fourth-order valence-electron chi connectivity index (χ4n) is 3.24. The van der Waals surface area contributed by atoms with Gasteiger partial charge in [-0.1, -0.05) is 6.07 Å². The van der Waals surface area contributed by atoms with E-state index >= 15 is 0 Å². The number of rotatable bonds is 6. The molecule has 0 aliphatic carbocycles. The van der Waals surface area contributed by atoms with Crippen LogP contribution in [0.2, 0.25) is 0 Å². The lowest BCUT2D eigenvalue weighted by Crippen LogP contribution is -2.50. The van der Waals surface area contributed by atoms with E-state index in [4.69, 9.17) is 4.74 Å². The first-order valence-corrected chi connectivity index (χ1v) is 9.43. The molecule has 1 amide bonds. The Morgan fingerprint density at radius 2 is 1.93 bits per heavy atom. The number of ether oxygens (including phenoxy) is 1. The molecule has 29 heavy (non-hydrogen) atoms. The molecule has 1 atom stereocenters. The molecule has 9 heteroatoms. The van der Waals surface area contributed by atoms with Crippen LogP contribution in [0.15, 0.2) is 30.6 Å². The molecule has 7 nitrogen and oxygen atoms in total. The lowest BCUT2D eigenvalue weighted by molar-refractivity contribution is -0.133. The third-order valence-corrected chi connectivity index (χ3v) is 5.26. The zero-order valence-corrected chi connectivity index (χ0v) is 16.8. The number of carbonyl (C=O) groups is 1. The van der Waals surface area contributed by atoms with E-state index in [1.165, 1.54) is 6.07 Å². The molecule has 0 radical (unpaired) electrons. The van der Waals surface area contributed by atoms with E-state index in [0.29, 0.717) is 24.5 Å². The van der Waals surface area contributed by atoms with E-state index in [-0.39, 0.29) is 18.5 Å². The first-order valence-electron chi connectivity index (χ1n) is 9.43. The molecule has 0 spiro atoms. The summed E-state index contributed by atoms with van der Waals surface area (Å²) >= 11 is 0. The lowest BCUT2D eigenvalue weighted by Gasteiger charge is -2.36. The number of halogens is 2. The maximum Gasteiger partial charge on any atom is 0.236 e. The van der Waals surface area contributed by atoms with Crippen LogP contribution < -0.4 is 9.64 Å². The third-order valence-electron chi connectivity index (χ3n) is 5.26. The first kappa shape index (κ1) is 20.9. The molecule has 0 saturated carbocycles. The molecular weight excluding hydrogens is 380 g/mol. The predicted molar refractivity (Wildman–Crippen MR) is 105 cm³/mol. The highest BCUT2D eigenvalue weighted by Crippen LogP contribution is 2.21. The van der Waals surface area contributed by atoms with Gasteiger partial charge in [0.25, 0.3) is 0 Å². The van der Waals surface area contributed by atoms with E-state index < -0.39 is 11.6 Å². The highest BCUT2D eigenvalue weighted by Gasteiger charge is 2.24. The molecule has 0 N–H and O–H groups in total.